The van der Waals surface area contributed by atoms with Crippen molar-refractivity contribution in [3.8, 4) is 11.8 Å². The lowest BCUT2D eigenvalue weighted by Crippen LogP contribution is -2.05. The quantitative estimate of drug-likeness (QED) is 0.681. The average Bonchev–Trinajstić information content (AvgIpc) is 2.98. The molecule has 0 spiro atoms. The molecule has 1 aromatic carbocycles. The van der Waals surface area contributed by atoms with Crippen molar-refractivity contribution in [3.05, 3.63) is 40.3 Å². The second kappa shape index (κ2) is 5.06. The van der Waals surface area contributed by atoms with Gasteiger partial charge in [-0.05, 0) is 25.1 Å². The van der Waals surface area contributed by atoms with Crippen molar-refractivity contribution in [2.75, 3.05) is 0 Å². The second-order valence-corrected chi connectivity index (χ2v) is 5.33. The van der Waals surface area contributed by atoms with Crippen molar-refractivity contribution in [2.24, 2.45) is 7.05 Å². The van der Waals surface area contributed by atoms with E-state index < -0.39 is 0 Å². The Kier molecular flexibility index (Phi) is 3.36. The number of imidazole rings is 1. The van der Waals surface area contributed by atoms with Crippen molar-refractivity contribution in [2.45, 2.75) is 12.8 Å². The van der Waals surface area contributed by atoms with Crippen molar-refractivity contribution in [3.63, 3.8) is 0 Å². The highest BCUT2D eigenvalue weighted by Crippen LogP contribution is 2.29. The number of aryl methyl sites for hydroxylation is 2. The third kappa shape index (κ3) is 2.08. The molecular weight excluding hydrogens is 309 g/mol. The first-order valence-corrected chi connectivity index (χ1v) is 7.15. The van der Waals surface area contributed by atoms with Gasteiger partial charge in [-0.3, -0.25) is 4.57 Å². The molecule has 0 atom stereocenters. The minimum Gasteiger partial charge on any atom is -0.278 e. The van der Waals surface area contributed by atoms with Crippen LogP contribution in [0.2, 0.25) is 5.02 Å². The molecule has 0 amide bonds. The summed E-state index contributed by atoms with van der Waals surface area (Å²) < 4.78 is 3.59. The van der Waals surface area contributed by atoms with E-state index in [1.54, 1.807) is 22.9 Å². The molecule has 2 aromatic heterocycles. The van der Waals surface area contributed by atoms with Crippen LogP contribution in [-0.4, -0.2) is 19.3 Å². The molecular formula is C14H11Cl2N5. The van der Waals surface area contributed by atoms with Crippen LogP contribution in [0.25, 0.3) is 16.9 Å². The standard InChI is InChI=1S/C14H11Cl2N5/c1-8-13-14(20(2)19-8)21(12(6-15)18-13)11-5-9(7-17)3-4-10(11)16/h3-5H,6H2,1-2H3. The predicted octanol–water partition coefficient (Wildman–Crippen LogP) is 3.33. The van der Waals surface area contributed by atoms with E-state index in [0.29, 0.717) is 22.1 Å². The Morgan fingerprint density at radius 1 is 1.38 bits per heavy atom. The predicted molar refractivity (Wildman–Crippen MR) is 81.9 cm³/mol. The van der Waals surface area contributed by atoms with Crippen LogP contribution in [-0.2, 0) is 12.9 Å². The molecule has 0 unspecified atom stereocenters. The molecule has 7 heteroatoms. The number of rotatable bonds is 2. The third-order valence-corrected chi connectivity index (χ3v) is 3.87. The van der Waals surface area contributed by atoms with Gasteiger partial charge in [-0.25, -0.2) is 9.67 Å². The van der Waals surface area contributed by atoms with Crippen LogP contribution >= 0.6 is 23.2 Å². The van der Waals surface area contributed by atoms with Gasteiger partial charge in [-0.1, -0.05) is 11.6 Å². The number of hydrogen-bond acceptors (Lipinski definition) is 3. The average molecular weight is 320 g/mol. The van der Waals surface area contributed by atoms with Crippen LogP contribution in [0.5, 0.6) is 0 Å². The van der Waals surface area contributed by atoms with Gasteiger partial charge in [0.2, 0.25) is 0 Å². The molecule has 3 rings (SSSR count). The molecule has 2 heterocycles. The molecule has 0 N–H and O–H groups in total. The van der Waals surface area contributed by atoms with Gasteiger partial charge in [0.15, 0.2) is 5.65 Å². The first kappa shape index (κ1) is 13.9. The highest BCUT2D eigenvalue weighted by atomic mass is 35.5. The molecule has 0 bridgehead atoms. The molecule has 0 fully saturated rings. The van der Waals surface area contributed by atoms with Crippen LogP contribution < -0.4 is 0 Å². The van der Waals surface area contributed by atoms with Crippen LogP contribution in [0.4, 0.5) is 0 Å². The van der Waals surface area contributed by atoms with Gasteiger partial charge in [-0.15, -0.1) is 11.6 Å². The lowest BCUT2D eigenvalue weighted by atomic mass is 10.2. The zero-order valence-corrected chi connectivity index (χ0v) is 12.9. The Balaban J connectivity index is 2.41. The number of benzene rings is 1. The van der Waals surface area contributed by atoms with Crippen LogP contribution in [0, 0.1) is 18.3 Å². The number of aromatic nitrogens is 4. The van der Waals surface area contributed by atoms with E-state index in [4.69, 9.17) is 28.5 Å². The molecule has 0 saturated carbocycles. The number of alkyl halides is 1. The minimum atomic E-state index is 0.237. The molecule has 0 saturated heterocycles. The lowest BCUT2D eigenvalue weighted by molar-refractivity contribution is 0.755. The summed E-state index contributed by atoms with van der Waals surface area (Å²) in [6.07, 6.45) is 0. The zero-order valence-electron chi connectivity index (χ0n) is 11.4. The van der Waals surface area contributed by atoms with Gasteiger partial charge >= 0.3 is 0 Å². The summed E-state index contributed by atoms with van der Waals surface area (Å²) in [7, 11) is 1.84. The Hall–Kier alpha value is -2.03. The fourth-order valence-corrected chi connectivity index (χ4v) is 2.80. The van der Waals surface area contributed by atoms with Crippen molar-refractivity contribution in [1.29, 1.82) is 5.26 Å². The first-order chi connectivity index (χ1) is 10.1. The van der Waals surface area contributed by atoms with E-state index in [1.807, 2.05) is 18.5 Å². The van der Waals surface area contributed by atoms with Gasteiger partial charge in [-0.2, -0.15) is 10.4 Å². The molecule has 0 radical (unpaired) electrons. The Morgan fingerprint density at radius 2 is 2.14 bits per heavy atom. The molecule has 21 heavy (non-hydrogen) atoms. The summed E-state index contributed by atoms with van der Waals surface area (Å²) in [5, 5.41) is 14.0. The number of nitriles is 1. The van der Waals surface area contributed by atoms with Crippen LogP contribution in [0.15, 0.2) is 18.2 Å². The summed E-state index contributed by atoms with van der Waals surface area (Å²) in [6, 6.07) is 7.21. The second-order valence-electron chi connectivity index (χ2n) is 4.66. The van der Waals surface area contributed by atoms with Crippen molar-refractivity contribution >= 4 is 34.4 Å². The summed E-state index contributed by atoms with van der Waals surface area (Å²) in [6.45, 7) is 1.89. The monoisotopic (exact) mass is 319 g/mol. The topological polar surface area (TPSA) is 59.4 Å². The summed E-state index contributed by atoms with van der Waals surface area (Å²) in [5.41, 5.74) is 3.62. The van der Waals surface area contributed by atoms with Crippen molar-refractivity contribution < 1.29 is 0 Å². The van der Waals surface area contributed by atoms with Gasteiger partial charge in [0, 0.05) is 7.05 Å². The minimum absolute atomic E-state index is 0.237. The van der Waals surface area contributed by atoms with Gasteiger partial charge in [0.05, 0.1) is 33.9 Å². The van der Waals surface area contributed by atoms with Gasteiger partial charge < -0.3 is 0 Å². The lowest BCUT2D eigenvalue weighted by Gasteiger charge is -2.10. The molecule has 5 nitrogen and oxygen atoms in total. The fraction of sp³-hybridized carbons (Fsp3) is 0.214. The molecule has 0 aliphatic carbocycles. The SMILES string of the molecule is Cc1nn(C)c2c1nc(CCl)n2-c1cc(C#N)ccc1Cl. The zero-order chi connectivity index (χ0) is 15.1. The Morgan fingerprint density at radius 3 is 2.81 bits per heavy atom. The number of hydrogen-bond donors (Lipinski definition) is 0. The molecule has 106 valence electrons. The third-order valence-electron chi connectivity index (χ3n) is 3.31. The van der Waals surface area contributed by atoms with E-state index in [-0.39, 0.29) is 5.88 Å². The van der Waals surface area contributed by atoms with E-state index in [2.05, 4.69) is 16.2 Å². The Bertz CT molecular complexity index is 885. The van der Waals surface area contributed by atoms with E-state index in [0.717, 1.165) is 16.9 Å². The van der Waals surface area contributed by atoms with E-state index in [1.165, 1.54) is 0 Å². The maximum absolute atomic E-state index is 9.09. The number of nitrogens with zero attached hydrogens (tertiary/aromatic N) is 5. The molecule has 0 aliphatic heterocycles. The van der Waals surface area contributed by atoms with Crippen LogP contribution in [0.3, 0.4) is 0 Å². The smallest absolute Gasteiger partial charge is 0.163 e. The van der Waals surface area contributed by atoms with Crippen molar-refractivity contribution in [1.82, 2.24) is 19.3 Å². The Labute approximate surface area is 131 Å². The fourth-order valence-electron chi connectivity index (χ4n) is 2.41. The normalized spacial score (nSPS) is 11.0. The molecule has 0 aliphatic rings. The van der Waals surface area contributed by atoms with E-state index in [9.17, 15) is 0 Å². The summed E-state index contributed by atoms with van der Waals surface area (Å²) in [5.74, 6) is 0.904. The summed E-state index contributed by atoms with van der Waals surface area (Å²) >= 11 is 12.3. The van der Waals surface area contributed by atoms with E-state index >= 15 is 0 Å². The van der Waals surface area contributed by atoms with Crippen LogP contribution in [0.1, 0.15) is 17.1 Å². The maximum atomic E-state index is 9.09. The largest absolute Gasteiger partial charge is 0.278 e. The first-order valence-electron chi connectivity index (χ1n) is 6.23. The summed E-state index contributed by atoms with van der Waals surface area (Å²) in [4.78, 5) is 4.53. The molecule has 3 aromatic rings. The highest BCUT2D eigenvalue weighted by Gasteiger charge is 2.19. The van der Waals surface area contributed by atoms with Gasteiger partial charge in [0.1, 0.15) is 11.3 Å². The van der Waals surface area contributed by atoms with Gasteiger partial charge in [0.25, 0.3) is 0 Å². The maximum Gasteiger partial charge on any atom is 0.163 e. The number of fused-ring (bicyclic) bond motifs is 1. The number of halogens is 2. The highest BCUT2D eigenvalue weighted by molar-refractivity contribution is 6.32.